The number of aromatic nitrogens is 1. The summed E-state index contributed by atoms with van der Waals surface area (Å²) in [7, 11) is 1.57. The number of carbonyl (C=O) groups is 1. The highest BCUT2D eigenvalue weighted by Gasteiger charge is 2.10. The normalized spacial score (nSPS) is 10.0. The van der Waals surface area contributed by atoms with Gasteiger partial charge in [0.1, 0.15) is 5.69 Å². The number of benzene rings is 1. The van der Waals surface area contributed by atoms with Crippen LogP contribution >= 0.6 is 15.9 Å². The van der Waals surface area contributed by atoms with E-state index in [9.17, 15) is 4.79 Å². The fourth-order valence-electron chi connectivity index (χ4n) is 1.73. The minimum Gasteiger partial charge on any atom is -0.493 e. The van der Waals surface area contributed by atoms with E-state index < -0.39 is 0 Å². The molecule has 0 aliphatic carbocycles. The Morgan fingerprint density at radius 1 is 1.29 bits per heavy atom. The van der Waals surface area contributed by atoms with Crippen molar-refractivity contribution in [3.63, 3.8) is 0 Å². The standard InChI is InChI=1S/C15H15BrN2O3/c1-3-21-14-8-11(5-7-13(14)20-2)18-15(19)12-6-4-10(16)9-17-12/h4-9H,3H2,1-2H3,(H,18,19). The first kappa shape index (κ1) is 15.3. The highest BCUT2D eigenvalue weighted by Crippen LogP contribution is 2.30. The minimum atomic E-state index is -0.282. The number of hydrogen-bond donors (Lipinski definition) is 1. The zero-order valence-electron chi connectivity index (χ0n) is 11.7. The van der Waals surface area contributed by atoms with Gasteiger partial charge in [-0.25, -0.2) is 4.98 Å². The Kier molecular flexibility index (Phi) is 5.16. The van der Waals surface area contributed by atoms with Gasteiger partial charge < -0.3 is 14.8 Å². The molecule has 1 aromatic heterocycles. The largest absolute Gasteiger partial charge is 0.493 e. The second-order valence-corrected chi connectivity index (χ2v) is 5.03. The third-order valence-electron chi connectivity index (χ3n) is 2.68. The van der Waals surface area contributed by atoms with Crippen LogP contribution in [0.5, 0.6) is 11.5 Å². The number of pyridine rings is 1. The van der Waals surface area contributed by atoms with Crippen molar-refractivity contribution in [2.24, 2.45) is 0 Å². The average Bonchev–Trinajstić information content (AvgIpc) is 2.48. The van der Waals surface area contributed by atoms with Gasteiger partial charge in [-0.15, -0.1) is 0 Å². The topological polar surface area (TPSA) is 60.5 Å². The van der Waals surface area contributed by atoms with Crippen LogP contribution in [0.3, 0.4) is 0 Å². The molecule has 0 unspecified atom stereocenters. The van der Waals surface area contributed by atoms with E-state index in [0.29, 0.717) is 29.5 Å². The van der Waals surface area contributed by atoms with Crippen molar-refractivity contribution in [1.82, 2.24) is 4.98 Å². The first-order valence-corrected chi connectivity index (χ1v) is 7.17. The lowest BCUT2D eigenvalue weighted by atomic mass is 10.2. The molecule has 0 saturated heterocycles. The van der Waals surface area contributed by atoms with Gasteiger partial charge >= 0.3 is 0 Å². The van der Waals surface area contributed by atoms with Crippen molar-refractivity contribution in [2.45, 2.75) is 6.92 Å². The molecule has 2 rings (SSSR count). The summed E-state index contributed by atoms with van der Waals surface area (Å²) >= 11 is 3.28. The van der Waals surface area contributed by atoms with E-state index in [0.717, 1.165) is 4.47 Å². The number of rotatable bonds is 5. The van der Waals surface area contributed by atoms with Gasteiger partial charge in [0.05, 0.1) is 13.7 Å². The van der Waals surface area contributed by atoms with Gasteiger partial charge in [-0.05, 0) is 47.1 Å². The Hall–Kier alpha value is -2.08. The van der Waals surface area contributed by atoms with E-state index in [1.807, 2.05) is 6.92 Å². The van der Waals surface area contributed by atoms with E-state index >= 15 is 0 Å². The fourth-order valence-corrected chi connectivity index (χ4v) is 1.96. The van der Waals surface area contributed by atoms with E-state index in [2.05, 4.69) is 26.2 Å². The lowest BCUT2D eigenvalue weighted by molar-refractivity contribution is 0.102. The molecule has 0 spiro atoms. The summed E-state index contributed by atoms with van der Waals surface area (Å²) < 4.78 is 11.5. The molecular weight excluding hydrogens is 336 g/mol. The van der Waals surface area contributed by atoms with Crippen LogP contribution in [0, 0.1) is 0 Å². The predicted octanol–water partition coefficient (Wildman–Crippen LogP) is 3.50. The number of nitrogens with one attached hydrogen (secondary N) is 1. The number of carbonyl (C=O) groups excluding carboxylic acids is 1. The third-order valence-corrected chi connectivity index (χ3v) is 3.15. The Morgan fingerprint density at radius 3 is 2.71 bits per heavy atom. The SMILES string of the molecule is CCOc1cc(NC(=O)c2ccc(Br)cn2)ccc1OC. The number of amides is 1. The molecular formula is C15H15BrN2O3. The molecule has 2 aromatic rings. The van der Waals surface area contributed by atoms with Gasteiger partial charge in [0, 0.05) is 22.4 Å². The van der Waals surface area contributed by atoms with Crippen LogP contribution in [-0.4, -0.2) is 24.6 Å². The molecule has 21 heavy (non-hydrogen) atoms. The number of ether oxygens (including phenoxy) is 2. The summed E-state index contributed by atoms with van der Waals surface area (Å²) in [5.41, 5.74) is 0.959. The Balaban J connectivity index is 2.17. The van der Waals surface area contributed by atoms with Crippen LogP contribution in [0.1, 0.15) is 17.4 Å². The number of nitrogens with zero attached hydrogens (tertiary/aromatic N) is 1. The minimum absolute atomic E-state index is 0.282. The molecule has 1 aromatic carbocycles. The van der Waals surface area contributed by atoms with Crippen molar-refractivity contribution in [3.05, 3.63) is 46.7 Å². The van der Waals surface area contributed by atoms with E-state index in [1.54, 1.807) is 43.6 Å². The monoisotopic (exact) mass is 350 g/mol. The first-order valence-electron chi connectivity index (χ1n) is 6.37. The van der Waals surface area contributed by atoms with E-state index in [4.69, 9.17) is 9.47 Å². The maximum Gasteiger partial charge on any atom is 0.274 e. The molecule has 0 fully saturated rings. The van der Waals surface area contributed by atoms with Crippen molar-refractivity contribution >= 4 is 27.5 Å². The zero-order chi connectivity index (χ0) is 15.2. The van der Waals surface area contributed by atoms with Crippen LogP contribution in [0.2, 0.25) is 0 Å². The molecule has 0 aliphatic heterocycles. The average molecular weight is 351 g/mol. The molecule has 0 radical (unpaired) electrons. The molecule has 5 nitrogen and oxygen atoms in total. The van der Waals surface area contributed by atoms with Crippen LogP contribution in [0.25, 0.3) is 0 Å². The summed E-state index contributed by atoms with van der Waals surface area (Å²) in [6, 6.07) is 8.63. The van der Waals surface area contributed by atoms with Crippen molar-refractivity contribution in [3.8, 4) is 11.5 Å². The molecule has 0 saturated carbocycles. The lowest BCUT2D eigenvalue weighted by Gasteiger charge is -2.11. The fraction of sp³-hybridized carbons (Fsp3) is 0.200. The molecule has 1 heterocycles. The highest BCUT2D eigenvalue weighted by molar-refractivity contribution is 9.10. The molecule has 0 bridgehead atoms. The maximum atomic E-state index is 12.1. The van der Waals surface area contributed by atoms with Crippen LogP contribution in [0.4, 0.5) is 5.69 Å². The zero-order valence-corrected chi connectivity index (χ0v) is 13.3. The van der Waals surface area contributed by atoms with Crippen molar-refractivity contribution in [2.75, 3.05) is 19.0 Å². The molecule has 0 aliphatic rings. The first-order chi connectivity index (χ1) is 10.1. The third kappa shape index (κ3) is 3.95. The summed E-state index contributed by atoms with van der Waals surface area (Å²) in [5.74, 6) is 0.924. The summed E-state index contributed by atoms with van der Waals surface area (Å²) in [4.78, 5) is 16.1. The van der Waals surface area contributed by atoms with Gasteiger partial charge in [0.25, 0.3) is 5.91 Å². The van der Waals surface area contributed by atoms with Crippen LogP contribution < -0.4 is 14.8 Å². The van der Waals surface area contributed by atoms with Gasteiger partial charge in [-0.1, -0.05) is 0 Å². The Labute approximate surface area is 131 Å². The van der Waals surface area contributed by atoms with Crippen LogP contribution in [-0.2, 0) is 0 Å². The van der Waals surface area contributed by atoms with Crippen molar-refractivity contribution in [1.29, 1.82) is 0 Å². The predicted molar refractivity (Wildman–Crippen MR) is 84.1 cm³/mol. The summed E-state index contributed by atoms with van der Waals surface area (Å²) in [6.07, 6.45) is 1.58. The Bertz CT molecular complexity index is 629. The van der Waals surface area contributed by atoms with Gasteiger partial charge in [-0.3, -0.25) is 4.79 Å². The number of hydrogen-bond acceptors (Lipinski definition) is 4. The molecule has 110 valence electrons. The number of methoxy groups -OCH3 is 1. The smallest absolute Gasteiger partial charge is 0.274 e. The maximum absolute atomic E-state index is 12.1. The summed E-state index contributed by atoms with van der Waals surface area (Å²) in [5, 5.41) is 2.78. The van der Waals surface area contributed by atoms with Crippen molar-refractivity contribution < 1.29 is 14.3 Å². The second-order valence-electron chi connectivity index (χ2n) is 4.11. The molecule has 1 N–H and O–H groups in total. The van der Waals surface area contributed by atoms with E-state index in [-0.39, 0.29) is 5.91 Å². The highest BCUT2D eigenvalue weighted by atomic mass is 79.9. The Morgan fingerprint density at radius 2 is 2.10 bits per heavy atom. The number of anilines is 1. The molecule has 6 heteroatoms. The quantitative estimate of drug-likeness (QED) is 0.896. The lowest BCUT2D eigenvalue weighted by Crippen LogP contribution is -2.13. The summed E-state index contributed by atoms with van der Waals surface area (Å²) in [6.45, 7) is 2.40. The van der Waals surface area contributed by atoms with Gasteiger partial charge in [0.2, 0.25) is 0 Å². The second kappa shape index (κ2) is 7.08. The molecule has 0 atom stereocenters. The van der Waals surface area contributed by atoms with E-state index in [1.165, 1.54) is 0 Å². The van der Waals surface area contributed by atoms with Gasteiger partial charge in [0.15, 0.2) is 11.5 Å². The number of halogens is 1. The molecule has 1 amide bonds. The van der Waals surface area contributed by atoms with Gasteiger partial charge in [-0.2, -0.15) is 0 Å². The van der Waals surface area contributed by atoms with Crippen LogP contribution in [0.15, 0.2) is 41.0 Å².